The van der Waals surface area contributed by atoms with E-state index in [1.165, 1.54) is 51.0 Å². The van der Waals surface area contributed by atoms with E-state index < -0.39 is 0 Å². The lowest BCUT2D eigenvalue weighted by molar-refractivity contribution is 0.117. The van der Waals surface area contributed by atoms with Gasteiger partial charge >= 0.3 is 0 Å². The fraction of sp³-hybridized carbons (Fsp3) is 0.667. The van der Waals surface area contributed by atoms with E-state index in [4.69, 9.17) is 5.73 Å². The molecule has 4 unspecified atom stereocenters. The Hall–Kier alpha value is -0.890. The van der Waals surface area contributed by atoms with Gasteiger partial charge in [-0.1, -0.05) is 37.8 Å². The Morgan fingerprint density at radius 3 is 2.70 bits per heavy atom. The molecule has 0 heterocycles. The van der Waals surface area contributed by atoms with E-state index in [0.717, 1.165) is 23.8 Å². The highest BCUT2D eigenvalue weighted by atomic mass is 19.1. The largest absolute Gasteiger partial charge is 0.327 e. The van der Waals surface area contributed by atoms with Crippen molar-refractivity contribution in [3.63, 3.8) is 0 Å². The van der Waals surface area contributed by atoms with E-state index >= 15 is 0 Å². The molecule has 0 amide bonds. The van der Waals surface area contributed by atoms with Gasteiger partial charge in [-0.3, -0.25) is 0 Å². The van der Waals surface area contributed by atoms with Gasteiger partial charge < -0.3 is 5.73 Å². The molecule has 0 radical (unpaired) electrons. The number of halogens is 1. The SMILES string of the molecule is NC(Cc1cccc(F)c1)C1CCC2CCCCC2C1. The minimum Gasteiger partial charge on any atom is -0.327 e. The molecule has 2 fully saturated rings. The van der Waals surface area contributed by atoms with E-state index in [1.54, 1.807) is 12.1 Å². The maximum atomic E-state index is 13.2. The summed E-state index contributed by atoms with van der Waals surface area (Å²) in [5.41, 5.74) is 7.47. The number of nitrogens with two attached hydrogens (primary N) is 1. The quantitative estimate of drug-likeness (QED) is 0.874. The van der Waals surface area contributed by atoms with Crippen LogP contribution in [0.25, 0.3) is 0 Å². The molecule has 20 heavy (non-hydrogen) atoms. The third kappa shape index (κ3) is 3.22. The number of fused-ring (bicyclic) bond motifs is 1. The molecule has 2 heteroatoms. The topological polar surface area (TPSA) is 26.0 Å². The molecule has 1 aromatic rings. The van der Waals surface area contributed by atoms with E-state index in [-0.39, 0.29) is 11.9 Å². The number of hydrogen-bond acceptors (Lipinski definition) is 1. The summed E-state index contributed by atoms with van der Waals surface area (Å²) < 4.78 is 13.2. The summed E-state index contributed by atoms with van der Waals surface area (Å²) >= 11 is 0. The highest BCUT2D eigenvalue weighted by molar-refractivity contribution is 5.17. The maximum Gasteiger partial charge on any atom is 0.123 e. The summed E-state index contributed by atoms with van der Waals surface area (Å²) in [6, 6.07) is 7.11. The zero-order valence-corrected chi connectivity index (χ0v) is 12.2. The molecule has 0 spiro atoms. The van der Waals surface area contributed by atoms with Gasteiger partial charge in [0, 0.05) is 6.04 Å². The average Bonchev–Trinajstić information content (AvgIpc) is 2.47. The molecule has 2 saturated carbocycles. The summed E-state index contributed by atoms with van der Waals surface area (Å²) in [5.74, 6) is 2.38. The third-order valence-electron chi connectivity index (χ3n) is 5.55. The fourth-order valence-electron chi connectivity index (χ4n) is 4.40. The van der Waals surface area contributed by atoms with Gasteiger partial charge in [-0.25, -0.2) is 4.39 Å². The monoisotopic (exact) mass is 275 g/mol. The highest BCUT2D eigenvalue weighted by Gasteiger charge is 2.34. The maximum absolute atomic E-state index is 13.2. The van der Waals surface area contributed by atoms with Crippen molar-refractivity contribution in [3.05, 3.63) is 35.6 Å². The smallest absolute Gasteiger partial charge is 0.123 e. The van der Waals surface area contributed by atoms with Crippen molar-refractivity contribution in [3.8, 4) is 0 Å². The van der Waals surface area contributed by atoms with Crippen molar-refractivity contribution in [1.29, 1.82) is 0 Å². The van der Waals surface area contributed by atoms with Crippen LogP contribution < -0.4 is 5.73 Å². The van der Waals surface area contributed by atoms with Crippen LogP contribution in [0.2, 0.25) is 0 Å². The van der Waals surface area contributed by atoms with Crippen molar-refractivity contribution in [1.82, 2.24) is 0 Å². The van der Waals surface area contributed by atoms with Crippen molar-refractivity contribution < 1.29 is 4.39 Å². The molecule has 110 valence electrons. The molecule has 1 aromatic carbocycles. The van der Waals surface area contributed by atoms with Crippen LogP contribution in [0, 0.1) is 23.6 Å². The first kappa shape index (κ1) is 14.1. The first-order valence-electron chi connectivity index (χ1n) is 8.22. The Balaban J connectivity index is 1.58. The number of benzene rings is 1. The van der Waals surface area contributed by atoms with Gasteiger partial charge in [-0.05, 0) is 61.1 Å². The van der Waals surface area contributed by atoms with Gasteiger partial charge in [0.05, 0.1) is 0 Å². The lowest BCUT2D eigenvalue weighted by Crippen LogP contribution is -2.38. The normalized spacial score (nSPS) is 31.6. The van der Waals surface area contributed by atoms with Crippen LogP contribution in [0.1, 0.15) is 50.5 Å². The van der Waals surface area contributed by atoms with E-state index in [9.17, 15) is 4.39 Å². The van der Waals surface area contributed by atoms with E-state index in [1.807, 2.05) is 6.07 Å². The summed E-state index contributed by atoms with van der Waals surface area (Å²) in [4.78, 5) is 0. The standard InChI is InChI=1S/C18H26FN/c19-17-7-3-4-13(10-17)11-18(20)16-9-8-14-5-1-2-6-15(14)12-16/h3-4,7,10,14-16,18H,1-2,5-6,8-9,11-12,20H2. The Bertz CT molecular complexity index is 445. The second-order valence-corrected chi connectivity index (χ2v) is 6.88. The number of hydrogen-bond donors (Lipinski definition) is 1. The third-order valence-corrected chi connectivity index (χ3v) is 5.55. The minimum atomic E-state index is -0.148. The fourth-order valence-corrected chi connectivity index (χ4v) is 4.40. The van der Waals surface area contributed by atoms with Gasteiger partial charge in [-0.15, -0.1) is 0 Å². The Morgan fingerprint density at radius 1 is 1.10 bits per heavy atom. The minimum absolute atomic E-state index is 0.148. The second-order valence-electron chi connectivity index (χ2n) is 6.88. The van der Waals surface area contributed by atoms with Crippen LogP contribution in [-0.2, 0) is 6.42 Å². The van der Waals surface area contributed by atoms with Crippen LogP contribution in [0.3, 0.4) is 0 Å². The van der Waals surface area contributed by atoms with E-state index in [0.29, 0.717) is 5.92 Å². The van der Waals surface area contributed by atoms with Crippen molar-refractivity contribution in [2.75, 3.05) is 0 Å². The van der Waals surface area contributed by atoms with Crippen LogP contribution in [0.15, 0.2) is 24.3 Å². The molecule has 2 N–H and O–H groups in total. The highest BCUT2D eigenvalue weighted by Crippen LogP contribution is 2.43. The van der Waals surface area contributed by atoms with Crippen molar-refractivity contribution >= 4 is 0 Å². The molecule has 2 aliphatic rings. The Kier molecular flexibility index (Phi) is 4.40. The summed E-state index contributed by atoms with van der Waals surface area (Å²) in [6.07, 6.45) is 10.5. The first-order chi connectivity index (χ1) is 9.72. The zero-order chi connectivity index (χ0) is 13.9. The predicted molar refractivity (Wildman–Crippen MR) is 80.9 cm³/mol. The molecule has 0 aliphatic heterocycles. The molecular formula is C18H26FN. The molecule has 1 nitrogen and oxygen atoms in total. The average molecular weight is 275 g/mol. The van der Waals surface area contributed by atoms with Crippen LogP contribution >= 0.6 is 0 Å². The lowest BCUT2D eigenvalue weighted by atomic mass is 9.66. The van der Waals surface area contributed by atoms with Gasteiger partial charge in [0.1, 0.15) is 5.82 Å². The van der Waals surface area contributed by atoms with Crippen molar-refractivity contribution in [2.45, 2.75) is 57.4 Å². The van der Waals surface area contributed by atoms with Gasteiger partial charge in [0.25, 0.3) is 0 Å². The van der Waals surface area contributed by atoms with Crippen LogP contribution in [-0.4, -0.2) is 6.04 Å². The van der Waals surface area contributed by atoms with Crippen LogP contribution in [0.4, 0.5) is 4.39 Å². The van der Waals surface area contributed by atoms with E-state index in [2.05, 4.69) is 0 Å². The molecule has 2 aliphatic carbocycles. The Labute approximate surface area is 121 Å². The van der Waals surface area contributed by atoms with Gasteiger partial charge in [0.2, 0.25) is 0 Å². The number of rotatable bonds is 3. The molecule has 3 rings (SSSR count). The van der Waals surface area contributed by atoms with Crippen LogP contribution in [0.5, 0.6) is 0 Å². The Morgan fingerprint density at radius 2 is 1.90 bits per heavy atom. The zero-order valence-electron chi connectivity index (χ0n) is 12.2. The molecule has 0 bridgehead atoms. The van der Waals surface area contributed by atoms with Gasteiger partial charge in [-0.2, -0.15) is 0 Å². The molecule has 0 aromatic heterocycles. The molecule has 0 saturated heterocycles. The molecular weight excluding hydrogens is 249 g/mol. The lowest BCUT2D eigenvalue weighted by Gasteiger charge is -2.41. The molecule has 4 atom stereocenters. The summed E-state index contributed by atoms with van der Waals surface area (Å²) in [5, 5.41) is 0. The second kappa shape index (κ2) is 6.26. The van der Waals surface area contributed by atoms with Gasteiger partial charge in [0.15, 0.2) is 0 Å². The predicted octanol–water partition coefficient (Wildman–Crippen LogP) is 4.30. The summed E-state index contributed by atoms with van der Waals surface area (Å²) in [6.45, 7) is 0. The summed E-state index contributed by atoms with van der Waals surface area (Å²) in [7, 11) is 0. The first-order valence-corrected chi connectivity index (χ1v) is 8.22. The van der Waals surface area contributed by atoms with Crippen molar-refractivity contribution in [2.24, 2.45) is 23.5 Å².